The van der Waals surface area contributed by atoms with Gasteiger partial charge in [0.25, 0.3) is 0 Å². The average molecular weight is 775 g/mol. The van der Waals surface area contributed by atoms with Crippen LogP contribution in [0.1, 0.15) is 96.8 Å². The number of rotatable bonds is 7. The molecule has 0 bridgehead atoms. The van der Waals surface area contributed by atoms with Crippen molar-refractivity contribution in [1.82, 2.24) is 19.3 Å². The van der Waals surface area contributed by atoms with Gasteiger partial charge in [-0.1, -0.05) is 61.5 Å². The van der Waals surface area contributed by atoms with Crippen LogP contribution in [-0.4, -0.2) is 19.3 Å². The van der Waals surface area contributed by atoms with Gasteiger partial charge in [0.05, 0.1) is 11.4 Å². The van der Waals surface area contributed by atoms with E-state index in [4.69, 9.17) is 14.8 Å². The van der Waals surface area contributed by atoms with E-state index in [0.29, 0.717) is 23.3 Å². The summed E-state index contributed by atoms with van der Waals surface area (Å²) in [4.78, 5) is 4.74. The molecule has 6 heteroatoms. The van der Waals surface area contributed by atoms with Gasteiger partial charge in [0.1, 0.15) is 5.82 Å². The van der Waals surface area contributed by atoms with Gasteiger partial charge in [-0.15, -0.1) is 35.7 Å². The van der Waals surface area contributed by atoms with Crippen LogP contribution in [-0.2, 0) is 20.4 Å². The van der Waals surface area contributed by atoms with E-state index < -0.39 is 0 Å². The van der Waals surface area contributed by atoms with E-state index in [9.17, 15) is 0 Å². The van der Waals surface area contributed by atoms with Crippen molar-refractivity contribution in [2.45, 2.75) is 90.9 Å². The van der Waals surface area contributed by atoms with E-state index in [1.807, 2.05) is 24.4 Å². The molecular weight excluding hydrogens is 731 g/mol. The summed E-state index contributed by atoms with van der Waals surface area (Å²) in [5, 5.41) is 7.82. The van der Waals surface area contributed by atoms with E-state index in [-0.39, 0.29) is 20.4 Å². The molecule has 0 saturated heterocycles. The number of aromatic nitrogens is 4. The van der Waals surface area contributed by atoms with Gasteiger partial charge in [-0.3, -0.25) is 4.68 Å². The molecule has 0 aliphatic heterocycles. The molecule has 3 heterocycles. The molecule has 2 fully saturated rings. The second kappa shape index (κ2) is 14.1. The van der Waals surface area contributed by atoms with Gasteiger partial charge in [-0.25, -0.2) is 4.98 Å². The number of hydrogen-bond acceptors (Lipinski definition) is 3. The first kappa shape index (κ1) is 34.6. The minimum atomic E-state index is 0. The molecule has 2 aliphatic rings. The number of hydrogen-bond donors (Lipinski definition) is 0. The number of nitrogens with zero attached hydrogens (tertiary/aromatic N) is 4. The zero-order valence-electron chi connectivity index (χ0n) is 30.4. The molecule has 3 aromatic heterocycles. The van der Waals surface area contributed by atoms with E-state index in [1.54, 1.807) is 0 Å². The number of aryl methyl sites for hydroxylation is 3. The summed E-state index contributed by atoms with van der Waals surface area (Å²) in [6, 6.07) is 35.0. The zero-order chi connectivity index (χ0) is 34.6. The third kappa shape index (κ3) is 6.10. The molecule has 0 N–H and O–H groups in total. The normalized spacial score (nSPS) is 15.2. The molecule has 0 radical (unpaired) electrons. The Labute approximate surface area is 320 Å². The topological polar surface area (TPSA) is 44.9 Å². The Balaban J connectivity index is 0.00000387. The maximum absolute atomic E-state index is 6.60. The number of ether oxygens (including phenoxy) is 1. The maximum atomic E-state index is 6.60. The van der Waals surface area contributed by atoms with Crippen molar-refractivity contribution < 1.29 is 25.2 Å². The van der Waals surface area contributed by atoms with Crippen LogP contribution in [0, 0.1) is 39.8 Å². The van der Waals surface area contributed by atoms with E-state index in [1.165, 1.54) is 90.6 Å². The van der Waals surface area contributed by atoms with Crippen molar-refractivity contribution in [2.75, 3.05) is 0 Å². The number of fused-ring (bicyclic) bond motifs is 3. The Morgan fingerprint density at radius 2 is 1.42 bits per heavy atom. The van der Waals surface area contributed by atoms with Crippen molar-refractivity contribution in [2.24, 2.45) is 0 Å². The first-order chi connectivity index (χ1) is 24.9. The molecule has 0 amide bonds. The molecule has 52 heavy (non-hydrogen) atoms. The minimum Gasteiger partial charge on any atom is -0.509 e. The summed E-state index contributed by atoms with van der Waals surface area (Å²) in [6.45, 7) is 8.84. The van der Waals surface area contributed by atoms with Gasteiger partial charge in [-0.2, -0.15) is 17.2 Å². The quantitative estimate of drug-likeness (QED) is 0.120. The Hall–Kier alpha value is -4.50. The first-order valence-electron chi connectivity index (χ1n) is 18.7. The summed E-state index contributed by atoms with van der Waals surface area (Å²) in [5.41, 5.74) is 13.5. The van der Waals surface area contributed by atoms with Gasteiger partial charge in [0, 0.05) is 40.6 Å². The van der Waals surface area contributed by atoms with Crippen LogP contribution in [0.2, 0.25) is 0 Å². The van der Waals surface area contributed by atoms with E-state index in [0.717, 1.165) is 38.9 Å². The van der Waals surface area contributed by atoms with E-state index in [2.05, 4.69) is 110 Å². The van der Waals surface area contributed by atoms with Gasteiger partial charge < -0.3 is 9.30 Å². The smallest absolute Gasteiger partial charge is 0.509 e. The van der Waals surface area contributed by atoms with Crippen LogP contribution in [0.3, 0.4) is 0 Å². The third-order valence-electron chi connectivity index (χ3n) is 11.5. The molecule has 7 aromatic rings. The van der Waals surface area contributed by atoms with Crippen LogP contribution in [0.25, 0.3) is 44.4 Å². The average Bonchev–Trinajstić information content (AvgIpc) is 3.96. The zero-order valence-corrected chi connectivity index (χ0v) is 32.0. The molecule has 9 rings (SSSR count). The van der Waals surface area contributed by atoms with E-state index >= 15 is 0 Å². The standard InChI is InChI=1S/C46H44N4O.Pd/c1-29-22-23-47-43(24-29)49-41-19-10-9-18-39(41)40-21-20-38(28-42(40)49)51-37-17-11-16-36(27-37)50-46(34-14-7-8-15-34)44(45(48-50)33-12-5-6-13-33)35-25-30(2)32(4)31(3)26-35;/h9-11,16-26,33-34H,5-8,12-15H2,1-4H3;/q-2;+2. The summed E-state index contributed by atoms with van der Waals surface area (Å²) in [7, 11) is 0. The third-order valence-corrected chi connectivity index (χ3v) is 11.5. The molecule has 0 atom stereocenters. The van der Waals surface area contributed by atoms with Crippen LogP contribution in [0.4, 0.5) is 0 Å². The molecule has 0 unspecified atom stereocenters. The van der Waals surface area contributed by atoms with Crippen LogP contribution >= 0.6 is 0 Å². The maximum Gasteiger partial charge on any atom is 2.00 e. The van der Waals surface area contributed by atoms with Crippen molar-refractivity contribution in [3.05, 3.63) is 131 Å². The van der Waals surface area contributed by atoms with Crippen LogP contribution < -0.4 is 4.74 Å². The SMILES string of the molecule is Cc1ccnc(-n2c3[c-]c(Oc4[c-]c(-n5nc(C6CCCC6)c(-c6cc(C)c(C)c(C)c6)c5C5CCCC5)ccc4)ccc3c3ccccc32)c1.[Pd+2]. The molecule has 5 nitrogen and oxygen atoms in total. The van der Waals surface area contributed by atoms with Crippen LogP contribution in [0.5, 0.6) is 11.5 Å². The second-order valence-corrected chi connectivity index (χ2v) is 14.9. The van der Waals surface area contributed by atoms with Gasteiger partial charge in [-0.05, 0) is 110 Å². The molecule has 0 spiro atoms. The molecular formula is C46H44N4OPd. The monoisotopic (exact) mass is 774 g/mol. The van der Waals surface area contributed by atoms with Crippen molar-refractivity contribution in [3.8, 4) is 34.1 Å². The summed E-state index contributed by atoms with van der Waals surface area (Å²) < 4.78 is 11.0. The Kier molecular flexibility index (Phi) is 9.41. The fraction of sp³-hybridized carbons (Fsp3) is 0.304. The van der Waals surface area contributed by atoms with Crippen molar-refractivity contribution in [3.63, 3.8) is 0 Å². The molecule has 2 saturated carbocycles. The summed E-state index contributed by atoms with van der Waals surface area (Å²) >= 11 is 0. The summed E-state index contributed by atoms with van der Waals surface area (Å²) in [6.07, 6.45) is 11.7. The minimum absolute atomic E-state index is 0. The number of benzene rings is 4. The van der Waals surface area contributed by atoms with Crippen LogP contribution in [0.15, 0.2) is 85.1 Å². The number of pyridine rings is 1. The Bertz CT molecular complexity index is 2400. The predicted octanol–water partition coefficient (Wildman–Crippen LogP) is 12.0. The first-order valence-corrected chi connectivity index (χ1v) is 18.7. The number of para-hydroxylation sites is 1. The largest absolute Gasteiger partial charge is 2.00 e. The Morgan fingerprint density at radius 3 is 2.17 bits per heavy atom. The molecule has 4 aromatic carbocycles. The Morgan fingerprint density at radius 1 is 0.712 bits per heavy atom. The fourth-order valence-electron chi connectivity index (χ4n) is 8.72. The van der Waals surface area contributed by atoms with Gasteiger partial charge in [0.15, 0.2) is 0 Å². The summed E-state index contributed by atoms with van der Waals surface area (Å²) in [5.74, 6) is 3.11. The fourth-order valence-corrected chi connectivity index (χ4v) is 8.72. The molecule has 264 valence electrons. The van der Waals surface area contributed by atoms with Gasteiger partial charge >= 0.3 is 20.4 Å². The predicted molar refractivity (Wildman–Crippen MR) is 207 cm³/mol. The second-order valence-electron chi connectivity index (χ2n) is 14.9. The van der Waals surface area contributed by atoms with Crippen molar-refractivity contribution in [1.29, 1.82) is 0 Å². The van der Waals surface area contributed by atoms with Crippen molar-refractivity contribution >= 4 is 21.8 Å². The van der Waals surface area contributed by atoms with Gasteiger partial charge in [0.2, 0.25) is 0 Å². The molecule has 2 aliphatic carbocycles.